The molecule has 1 aliphatic rings. The molecule has 1 amide bonds. The second kappa shape index (κ2) is 6.58. The van der Waals surface area contributed by atoms with E-state index in [2.05, 4.69) is 11.8 Å². The molecule has 3 nitrogen and oxygen atoms in total. The van der Waals surface area contributed by atoms with Crippen molar-refractivity contribution < 1.29 is 9.90 Å². The van der Waals surface area contributed by atoms with Crippen LogP contribution in [-0.2, 0) is 0 Å². The van der Waals surface area contributed by atoms with Gasteiger partial charge in [-0.3, -0.25) is 4.79 Å². The molecule has 0 atom stereocenters. The fourth-order valence-electron chi connectivity index (χ4n) is 2.78. The largest absolute Gasteiger partial charge is 0.384 e. The van der Waals surface area contributed by atoms with E-state index in [1.165, 1.54) is 12.8 Å². The molecule has 0 bridgehead atoms. The smallest absolute Gasteiger partial charge is 0.254 e. The number of aliphatic hydroxyl groups is 1. The zero-order chi connectivity index (χ0) is 14.5. The Bertz CT molecular complexity index is 548. The molecule has 1 aromatic rings. The SMILES string of the molecule is Cc1c(C#CCO)cccc1C(=O)N(C)C1CCCC1. The van der Waals surface area contributed by atoms with Crippen LogP contribution in [0.25, 0.3) is 0 Å². The third kappa shape index (κ3) is 3.02. The molecular weight excluding hydrogens is 250 g/mol. The summed E-state index contributed by atoms with van der Waals surface area (Å²) < 4.78 is 0. The van der Waals surface area contributed by atoms with Gasteiger partial charge in [0.1, 0.15) is 6.61 Å². The number of hydrogen-bond donors (Lipinski definition) is 1. The summed E-state index contributed by atoms with van der Waals surface area (Å²) in [7, 11) is 1.89. The molecule has 1 aromatic carbocycles. The van der Waals surface area contributed by atoms with Crippen molar-refractivity contribution in [1.29, 1.82) is 0 Å². The minimum Gasteiger partial charge on any atom is -0.384 e. The first-order chi connectivity index (χ1) is 9.65. The van der Waals surface area contributed by atoms with Gasteiger partial charge in [0.05, 0.1) is 0 Å². The fourth-order valence-corrected chi connectivity index (χ4v) is 2.78. The van der Waals surface area contributed by atoms with Crippen molar-refractivity contribution in [3.63, 3.8) is 0 Å². The van der Waals surface area contributed by atoms with Crippen LogP contribution < -0.4 is 0 Å². The molecule has 1 fully saturated rings. The van der Waals surface area contributed by atoms with Crippen LogP contribution in [0, 0.1) is 18.8 Å². The molecule has 20 heavy (non-hydrogen) atoms. The molecule has 1 saturated carbocycles. The summed E-state index contributed by atoms with van der Waals surface area (Å²) in [6.07, 6.45) is 4.63. The van der Waals surface area contributed by atoms with Crippen LogP contribution in [0.15, 0.2) is 18.2 Å². The second-order valence-electron chi connectivity index (χ2n) is 5.29. The first-order valence-electron chi connectivity index (χ1n) is 7.11. The predicted molar refractivity (Wildman–Crippen MR) is 79.5 cm³/mol. The average Bonchev–Trinajstić information content (AvgIpc) is 2.99. The van der Waals surface area contributed by atoms with Gasteiger partial charge in [-0.05, 0) is 37.5 Å². The topological polar surface area (TPSA) is 40.5 Å². The summed E-state index contributed by atoms with van der Waals surface area (Å²) in [5, 5.41) is 8.78. The Morgan fingerprint density at radius 3 is 2.75 bits per heavy atom. The molecule has 0 heterocycles. The lowest BCUT2D eigenvalue weighted by Gasteiger charge is -2.25. The van der Waals surface area contributed by atoms with Gasteiger partial charge in [-0.15, -0.1) is 0 Å². The lowest BCUT2D eigenvalue weighted by atomic mass is 10.0. The maximum atomic E-state index is 12.6. The molecule has 0 aromatic heterocycles. The first-order valence-corrected chi connectivity index (χ1v) is 7.11. The average molecular weight is 271 g/mol. The Hall–Kier alpha value is -1.79. The zero-order valence-corrected chi connectivity index (χ0v) is 12.1. The Kier molecular flexibility index (Phi) is 4.81. The van der Waals surface area contributed by atoms with Gasteiger partial charge in [0, 0.05) is 24.2 Å². The van der Waals surface area contributed by atoms with E-state index in [0.717, 1.165) is 24.0 Å². The van der Waals surface area contributed by atoms with Gasteiger partial charge in [-0.2, -0.15) is 0 Å². The lowest BCUT2D eigenvalue weighted by Crippen LogP contribution is -2.35. The summed E-state index contributed by atoms with van der Waals surface area (Å²) >= 11 is 0. The Morgan fingerprint density at radius 2 is 2.10 bits per heavy atom. The maximum Gasteiger partial charge on any atom is 0.254 e. The number of nitrogens with zero attached hydrogens (tertiary/aromatic N) is 1. The highest BCUT2D eigenvalue weighted by Crippen LogP contribution is 2.24. The predicted octanol–water partition coefficient (Wildman–Crippen LogP) is 2.35. The van der Waals surface area contributed by atoms with E-state index < -0.39 is 0 Å². The number of carbonyl (C=O) groups is 1. The van der Waals surface area contributed by atoms with Gasteiger partial charge in [0.15, 0.2) is 0 Å². The molecule has 0 unspecified atom stereocenters. The van der Waals surface area contributed by atoms with Crippen LogP contribution in [0.5, 0.6) is 0 Å². The number of amides is 1. The molecular formula is C17H21NO2. The van der Waals surface area contributed by atoms with Gasteiger partial charge >= 0.3 is 0 Å². The van der Waals surface area contributed by atoms with Crippen molar-refractivity contribution >= 4 is 5.91 Å². The molecule has 0 radical (unpaired) electrons. The van der Waals surface area contributed by atoms with Crippen LogP contribution in [0.4, 0.5) is 0 Å². The third-order valence-electron chi connectivity index (χ3n) is 4.06. The standard InChI is InChI=1S/C17H21NO2/c1-13-14(8-6-12-19)7-5-11-16(13)17(20)18(2)15-9-3-4-10-15/h5,7,11,15,19H,3-4,9-10,12H2,1-2H3. The number of carbonyl (C=O) groups excluding carboxylic acids is 1. The van der Waals surface area contributed by atoms with Gasteiger partial charge in [0.25, 0.3) is 5.91 Å². The quantitative estimate of drug-likeness (QED) is 0.839. The molecule has 0 saturated heterocycles. The summed E-state index contributed by atoms with van der Waals surface area (Å²) in [6, 6.07) is 5.95. The van der Waals surface area contributed by atoms with E-state index in [0.29, 0.717) is 11.6 Å². The van der Waals surface area contributed by atoms with Crippen LogP contribution >= 0.6 is 0 Å². The molecule has 3 heteroatoms. The van der Waals surface area contributed by atoms with Crippen molar-refractivity contribution in [1.82, 2.24) is 4.90 Å². The van der Waals surface area contributed by atoms with E-state index in [4.69, 9.17) is 5.11 Å². The van der Waals surface area contributed by atoms with Gasteiger partial charge in [0.2, 0.25) is 0 Å². The van der Waals surface area contributed by atoms with E-state index in [-0.39, 0.29) is 12.5 Å². The Balaban J connectivity index is 2.25. The normalized spacial score (nSPS) is 14.8. The summed E-state index contributed by atoms with van der Waals surface area (Å²) in [5.74, 6) is 5.60. The van der Waals surface area contributed by atoms with Gasteiger partial charge < -0.3 is 10.0 Å². The molecule has 1 aliphatic carbocycles. The Labute approximate surface area is 120 Å². The van der Waals surface area contributed by atoms with Crippen molar-refractivity contribution in [2.75, 3.05) is 13.7 Å². The molecule has 1 N–H and O–H groups in total. The summed E-state index contributed by atoms with van der Waals surface area (Å²) in [6.45, 7) is 1.75. The van der Waals surface area contributed by atoms with E-state index in [9.17, 15) is 4.79 Å². The van der Waals surface area contributed by atoms with Crippen LogP contribution in [0.2, 0.25) is 0 Å². The van der Waals surface area contributed by atoms with Crippen molar-refractivity contribution in [3.05, 3.63) is 34.9 Å². The number of benzene rings is 1. The lowest BCUT2D eigenvalue weighted by molar-refractivity contribution is 0.0734. The van der Waals surface area contributed by atoms with Crippen molar-refractivity contribution in [2.45, 2.75) is 38.6 Å². The highest BCUT2D eigenvalue weighted by molar-refractivity contribution is 5.96. The minimum atomic E-state index is -0.167. The van der Waals surface area contributed by atoms with E-state index in [1.54, 1.807) is 0 Å². The summed E-state index contributed by atoms with van der Waals surface area (Å²) in [5.41, 5.74) is 2.41. The van der Waals surface area contributed by atoms with Crippen LogP contribution in [0.1, 0.15) is 47.2 Å². The summed E-state index contributed by atoms with van der Waals surface area (Å²) in [4.78, 5) is 14.5. The zero-order valence-electron chi connectivity index (χ0n) is 12.1. The third-order valence-corrected chi connectivity index (χ3v) is 4.06. The highest BCUT2D eigenvalue weighted by Gasteiger charge is 2.25. The second-order valence-corrected chi connectivity index (χ2v) is 5.29. The number of hydrogen-bond acceptors (Lipinski definition) is 2. The van der Waals surface area contributed by atoms with Crippen molar-refractivity contribution in [2.24, 2.45) is 0 Å². The monoisotopic (exact) mass is 271 g/mol. The van der Waals surface area contributed by atoms with E-state index in [1.807, 2.05) is 37.1 Å². The number of rotatable bonds is 2. The first kappa shape index (κ1) is 14.6. The molecule has 0 spiro atoms. The molecule has 0 aliphatic heterocycles. The van der Waals surface area contributed by atoms with Gasteiger partial charge in [-0.1, -0.05) is 30.7 Å². The highest BCUT2D eigenvalue weighted by atomic mass is 16.2. The van der Waals surface area contributed by atoms with Crippen molar-refractivity contribution in [3.8, 4) is 11.8 Å². The fraction of sp³-hybridized carbons (Fsp3) is 0.471. The van der Waals surface area contributed by atoms with Gasteiger partial charge in [-0.25, -0.2) is 0 Å². The molecule has 106 valence electrons. The van der Waals surface area contributed by atoms with Crippen LogP contribution in [0.3, 0.4) is 0 Å². The Morgan fingerprint density at radius 1 is 1.40 bits per heavy atom. The van der Waals surface area contributed by atoms with Crippen LogP contribution in [-0.4, -0.2) is 35.6 Å². The molecule has 2 rings (SSSR count). The number of aliphatic hydroxyl groups excluding tert-OH is 1. The minimum absolute atomic E-state index is 0.0713. The maximum absolute atomic E-state index is 12.6. The van der Waals surface area contributed by atoms with E-state index >= 15 is 0 Å².